The van der Waals surface area contributed by atoms with Crippen LogP contribution in [0, 0.1) is 0 Å². The third kappa shape index (κ3) is 6.37. The molecule has 16 heteroatoms. The van der Waals surface area contributed by atoms with Crippen molar-refractivity contribution < 1.29 is 36.3 Å². The molecule has 3 saturated heterocycles. The van der Waals surface area contributed by atoms with E-state index in [0.717, 1.165) is 33.5 Å². The molecule has 236 valence electrons. The first-order valence-electron chi connectivity index (χ1n) is 14.1. The number of alkyl halides is 3. The lowest BCUT2D eigenvalue weighted by molar-refractivity contribution is -0.139. The Labute approximate surface area is 248 Å². The first-order valence-corrected chi connectivity index (χ1v) is 15.5. The normalized spacial score (nSPS) is 23.7. The fourth-order valence-corrected chi connectivity index (χ4v) is 7.19. The van der Waals surface area contributed by atoms with Gasteiger partial charge in [0.1, 0.15) is 0 Å². The molecule has 3 aliphatic rings. The van der Waals surface area contributed by atoms with E-state index in [0.29, 0.717) is 45.0 Å². The third-order valence-corrected chi connectivity index (χ3v) is 10.2. The number of piperazine rings is 2. The Morgan fingerprint density at radius 1 is 1.05 bits per heavy atom. The summed E-state index contributed by atoms with van der Waals surface area (Å²) in [5.41, 5.74) is 0.543. The minimum Gasteiger partial charge on any atom is -0.480 e. The van der Waals surface area contributed by atoms with Crippen molar-refractivity contribution in [3.8, 4) is 0 Å². The van der Waals surface area contributed by atoms with Gasteiger partial charge in [-0.2, -0.15) is 23.0 Å². The van der Waals surface area contributed by atoms with Gasteiger partial charge >= 0.3 is 18.2 Å². The van der Waals surface area contributed by atoms with E-state index in [2.05, 4.69) is 14.9 Å². The lowest BCUT2D eigenvalue weighted by Crippen LogP contribution is -2.56. The summed E-state index contributed by atoms with van der Waals surface area (Å²) in [5, 5.41) is 13.0. The van der Waals surface area contributed by atoms with Crippen LogP contribution < -0.4 is 4.90 Å². The summed E-state index contributed by atoms with van der Waals surface area (Å²) in [6, 6.07) is 4.23. The van der Waals surface area contributed by atoms with E-state index in [1.807, 2.05) is 11.8 Å². The number of amides is 1. The van der Waals surface area contributed by atoms with Crippen LogP contribution in [0.1, 0.15) is 30.9 Å². The number of anilines is 1. The SMILES string of the molecule is C[C@H]1CN(Cc2ccc(C(F)(F)F)cc2N2C3CCC2CN(CC(=O)O)C3)CCN1C(=O)n1ccc(S(=O)(=O)N(C)C)n1. The zero-order valence-corrected chi connectivity index (χ0v) is 25.1. The average Bonchev–Trinajstić information content (AvgIpc) is 3.51. The van der Waals surface area contributed by atoms with E-state index >= 15 is 0 Å². The molecular formula is C27H36F3N7O5S. The number of benzene rings is 1. The standard InChI is InChI=1S/C27H36F3N7O5S/c1-18-13-33(10-11-35(18)26(40)36-9-8-24(31-36)43(41,42)32(2)3)14-19-4-5-20(27(28,29)30)12-23(19)37-21-6-7-22(37)16-34(15-21)17-25(38)39/h4-5,8-9,12,18,21-22H,6-7,10-11,13-17H2,1-3H3,(H,38,39)/t18-,21?,22?/m0/s1. The highest BCUT2D eigenvalue weighted by Crippen LogP contribution is 2.40. The summed E-state index contributed by atoms with van der Waals surface area (Å²) in [6.45, 7) is 4.33. The van der Waals surface area contributed by atoms with Crippen LogP contribution in [0.25, 0.3) is 0 Å². The second-order valence-electron chi connectivity index (χ2n) is 11.7. The van der Waals surface area contributed by atoms with Crippen molar-refractivity contribution in [2.45, 2.75) is 55.6 Å². The number of carboxylic acids is 1. The first kappa shape index (κ1) is 31.2. The van der Waals surface area contributed by atoms with Crippen molar-refractivity contribution in [2.24, 2.45) is 0 Å². The summed E-state index contributed by atoms with van der Waals surface area (Å²) in [4.78, 5) is 32.1. The van der Waals surface area contributed by atoms with Crippen LogP contribution in [-0.2, 0) is 27.5 Å². The fraction of sp³-hybridized carbons (Fsp3) is 0.593. The molecule has 0 radical (unpaired) electrons. The number of halogens is 3. The monoisotopic (exact) mass is 627 g/mol. The molecule has 2 unspecified atom stereocenters. The molecule has 1 aromatic heterocycles. The van der Waals surface area contributed by atoms with Crippen LogP contribution in [0.5, 0.6) is 0 Å². The van der Waals surface area contributed by atoms with E-state index in [4.69, 9.17) is 0 Å². The van der Waals surface area contributed by atoms with Crippen LogP contribution in [0.3, 0.4) is 0 Å². The number of carbonyl (C=O) groups is 2. The van der Waals surface area contributed by atoms with Crippen LogP contribution in [0.4, 0.5) is 23.7 Å². The number of hydrogen-bond donors (Lipinski definition) is 1. The maximum Gasteiger partial charge on any atom is 0.416 e. The highest BCUT2D eigenvalue weighted by molar-refractivity contribution is 7.89. The van der Waals surface area contributed by atoms with Gasteiger partial charge in [-0.25, -0.2) is 17.5 Å². The smallest absolute Gasteiger partial charge is 0.416 e. The maximum atomic E-state index is 13.8. The summed E-state index contributed by atoms with van der Waals surface area (Å²) in [6.07, 6.45) is -1.63. The van der Waals surface area contributed by atoms with E-state index in [1.165, 1.54) is 38.5 Å². The summed E-state index contributed by atoms with van der Waals surface area (Å²) >= 11 is 0. The number of fused-ring (bicyclic) bond motifs is 2. The van der Waals surface area contributed by atoms with Crippen molar-refractivity contribution in [3.63, 3.8) is 0 Å². The van der Waals surface area contributed by atoms with Gasteiger partial charge in [-0.3, -0.25) is 14.6 Å². The Balaban J connectivity index is 1.32. The minimum absolute atomic E-state index is 0.0796. The highest BCUT2D eigenvalue weighted by atomic mass is 32.2. The fourth-order valence-electron chi connectivity index (χ4n) is 6.39. The van der Waals surface area contributed by atoms with E-state index < -0.39 is 33.8 Å². The molecule has 4 heterocycles. The van der Waals surface area contributed by atoms with Gasteiger partial charge in [0.2, 0.25) is 0 Å². The number of aliphatic carboxylic acids is 1. The number of rotatable bonds is 7. The zero-order chi connectivity index (χ0) is 31.3. The second-order valence-corrected chi connectivity index (χ2v) is 13.8. The van der Waals surface area contributed by atoms with Crippen molar-refractivity contribution in [1.82, 2.24) is 28.8 Å². The minimum atomic E-state index is -4.50. The lowest BCUT2D eigenvalue weighted by atomic mass is 10.0. The molecular weight excluding hydrogens is 591 g/mol. The Morgan fingerprint density at radius 2 is 1.72 bits per heavy atom. The number of carboxylic acid groups (broad SMARTS) is 1. The Hall–Kier alpha value is -3.21. The van der Waals surface area contributed by atoms with Gasteiger partial charge in [-0.05, 0) is 43.5 Å². The van der Waals surface area contributed by atoms with Crippen molar-refractivity contribution >= 4 is 27.7 Å². The lowest BCUT2D eigenvalue weighted by Gasteiger charge is -2.44. The van der Waals surface area contributed by atoms with Crippen LogP contribution in [-0.4, -0.2) is 126 Å². The molecule has 1 N–H and O–H groups in total. The molecule has 2 bridgehead atoms. The number of hydrogen-bond acceptors (Lipinski definition) is 8. The highest BCUT2D eigenvalue weighted by Gasteiger charge is 2.42. The molecule has 3 fully saturated rings. The van der Waals surface area contributed by atoms with Gasteiger partial charge in [-0.15, -0.1) is 0 Å². The van der Waals surface area contributed by atoms with Gasteiger partial charge < -0.3 is 14.9 Å². The van der Waals surface area contributed by atoms with Gasteiger partial charge in [0, 0.05) is 83.4 Å². The number of nitrogens with zero attached hydrogens (tertiary/aromatic N) is 7. The second kappa shape index (κ2) is 11.7. The third-order valence-electron chi connectivity index (χ3n) is 8.46. The van der Waals surface area contributed by atoms with Crippen molar-refractivity contribution in [3.05, 3.63) is 41.6 Å². The zero-order valence-electron chi connectivity index (χ0n) is 24.2. The molecule has 1 aromatic carbocycles. The summed E-state index contributed by atoms with van der Waals surface area (Å²) in [5.74, 6) is -0.925. The molecule has 3 atom stereocenters. The molecule has 43 heavy (non-hydrogen) atoms. The maximum absolute atomic E-state index is 13.8. The molecule has 2 aromatic rings. The van der Waals surface area contributed by atoms with Crippen LogP contribution >= 0.6 is 0 Å². The first-order chi connectivity index (χ1) is 20.1. The van der Waals surface area contributed by atoms with E-state index in [9.17, 15) is 36.3 Å². The Morgan fingerprint density at radius 3 is 2.30 bits per heavy atom. The van der Waals surface area contributed by atoms with Crippen molar-refractivity contribution in [1.29, 1.82) is 0 Å². The van der Waals surface area contributed by atoms with Crippen LogP contribution in [0.2, 0.25) is 0 Å². The largest absolute Gasteiger partial charge is 0.480 e. The number of sulfonamides is 1. The molecule has 3 aliphatic heterocycles. The van der Waals surface area contributed by atoms with Crippen LogP contribution in [0.15, 0.2) is 35.5 Å². The molecule has 5 rings (SSSR count). The predicted molar refractivity (Wildman–Crippen MR) is 150 cm³/mol. The average molecular weight is 628 g/mol. The molecule has 1 amide bonds. The number of likely N-dealkylation sites (tertiary alicyclic amines) is 1. The molecule has 12 nitrogen and oxygen atoms in total. The topological polar surface area (TPSA) is 123 Å². The van der Waals surface area contributed by atoms with Crippen molar-refractivity contribution in [2.75, 3.05) is 58.3 Å². The quantitative estimate of drug-likeness (QED) is 0.492. The molecule has 0 saturated carbocycles. The van der Waals surface area contributed by atoms with E-state index in [1.54, 1.807) is 4.90 Å². The van der Waals surface area contributed by atoms with Gasteiger partial charge in [0.25, 0.3) is 10.0 Å². The number of carbonyl (C=O) groups excluding carboxylic acids is 1. The van der Waals surface area contributed by atoms with Gasteiger partial charge in [-0.1, -0.05) is 6.07 Å². The summed E-state index contributed by atoms with van der Waals surface area (Å²) in [7, 11) is -1.04. The van der Waals surface area contributed by atoms with Gasteiger partial charge in [0.15, 0.2) is 5.03 Å². The Bertz CT molecular complexity index is 1470. The Kier molecular flexibility index (Phi) is 8.50. The van der Waals surface area contributed by atoms with E-state index in [-0.39, 0.29) is 29.7 Å². The summed E-state index contributed by atoms with van der Waals surface area (Å²) < 4.78 is 68.1. The molecule has 0 aliphatic carbocycles. The van der Waals surface area contributed by atoms with Gasteiger partial charge in [0.05, 0.1) is 12.1 Å². The number of aromatic nitrogens is 2. The molecule has 0 spiro atoms. The predicted octanol–water partition coefficient (Wildman–Crippen LogP) is 2.06.